The summed E-state index contributed by atoms with van der Waals surface area (Å²) in [6.45, 7) is 14.7. The minimum Gasteiger partial charge on any atom is -0.355 e. The number of nitrogens with one attached hydrogen (secondary N) is 1. The van der Waals surface area contributed by atoms with Gasteiger partial charge in [0, 0.05) is 45.9 Å². The van der Waals surface area contributed by atoms with Crippen LogP contribution in [0.15, 0.2) is 0 Å². The SMILES string of the molecule is [C-]#[N+]C(C)(C)CC(C)(S)C(=O)NCCC[N+](C)(C)CCCS(C)(=O)=O. The van der Waals surface area contributed by atoms with Gasteiger partial charge in [0.25, 0.3) is 0 Å². The predicted molar refractivity (Wildman–Crippen MR) is 106 cm³/mol. The summed E-state index contributed by atoms with van der Waals surface area (Å²) in [4.78, 5) is 15.8. The lowest BCUT2D eigenvalue weighted by Gasteiger charge is -2.30. The van der Waals surface area contributed by atoms with Gasteiger partial charge < -0.3 is 14.6 Å². The molecule has 1 N–H and O–H groups in total. The smallest absolute Gasteiger partial charge is 0.236 e. The zero-order valence-electron chi connectivity index (χ0n) is 16.4. The van der Waals surface area contributed by atoms with Crippen molar-refractivity contribution in [3.8, 4) is 0 Å². The Kier molecular flexibility index (Phi) is 8.95. The van der Waals surface area contributed by atoms with Crippen molar-refractivity contribution >= 4 is 28.4 Å². The number of hydrogen-bond donors (Lipinski definition) is 2. The fourth-order valence-electron chi connectivity index (χ4n) is 2.73. The molecule has 0 saturated carbocycles. The van der Waals surface area contributed by atoms with Crippen LogP contribution in [0.25, 0.3) is 4.85 Å². The maximum Gasteiger partial charge on any atom is 0.236 e. The maximum atomic E-state index is 12.3. The van der Waals surface area contributed by atoms with Crippen LogP contribution in [-0.4, -0.2) is 74.8 Å². The Balaban J connectivity index is 4.26. The summed E-state index contributed by atoms with van der Waals surface area (Å²) in [5.74, 6) is 0.0511. The van der Waals surface area contributed by atoms with Gasteiger partial charge >= 0.3 is 0 Å². The molecule has 1 atom stereocenters. The van der Waals surface area contributed by atoms with Crippen molar-refractivity contribution < 1.29 is 17.7 Å². The average Bonchev–Trinajstić information content (AvgIpc) is 2.40. The normalized spacial score (nSPS) is 15.3. The Hall–Kier alpha value is -0.780. The third kappa shape index (κ3) is 11.4. The van der Waals surface area contributed by atoms with E-state index in [1.807, 2.05) is 0 Å². The second kappa shape index (κ2) is 9.24. The van der Waals surface area contributed by atoms with E-state index in [0.717, 1.165) is 19.5 Å². The molecule has 0 aromatic rings. The van der Waals surface area contributed by atoms with Gasteiger partial charge in [0.1, 0.15) is 9.84 Å². The van der Waals surface area contributed by atoms with Gasteiger partial charge in [0.05, 0.1) is 37.7 Å². The maximum absolute atomic E-state index is 12.3. The fourth-order valence-corrected chi connectivity index (χ4v) is 3.85. The highest BCUT2D eigenvalue weighted by molar-refractivity contribution is 7.90. The molecule has 1 unspecified atom stereocenters. The number of nitrogens with zero attached hydrogens (tertiary/aromatic N) is 2. The van der Waals surface area contributed by atoms with Crippen molar-refractivity contribution in [2.45, 2.75) is 50.3 Å². The predicted octanol–water partition coefficient (Wildman–Crippen LogP) is 1.78. The molecule has 0 rings (SSSR count). The van der Waals surface area contributed by atoms with Crippen LogP contribution in [0, 0.1) is 6.57 Å². The lowest BCUT2D eigenvalue weighted by Crippen LogP contribution is -2.46. The highest BCUT2D eigenvalue weighted by Crippen LogP contribution is 2.28. The molecular weight excluding hydrogens is 358 g/mol. The van der Waals surface area contributed by atoms with Crippen molar-refractivity contribution in [3.63, 3.8) is 0 Å². The molecule has 6 nitrogen and oxygen atoms in total. The largest absolute Gasteiger partial charge is 0.355 e. The molecule has 0 fully saturated rings. The third-order valence-corrected chi connectivity index (χ3v) is 5.46. The number of rotatable bonds is 11. The number of amides is 1. The third-order valence-electron chi connectivity index (χ3n) is 4.07. The Morgan fingerprint density at radius 3 is 2.20 bits per heavy atom. The first-order chi connectivity index (χ1) is 11.1. The van der Waals surface area contributed by atoms with E-state index in [4.69, 9.17) is 6.57 Å². The van der Waals surface area contributed by atoms with E-state index < -0.39 is 20.1 Å². The molecule has 0 heterocycles. The summed E-state index contributed by atoms with van der Waals surface area (Å²) in [7, 11) is 1.21. The van der Waals surface area contributed by atoms with E-state index in [9.17, 15) is 13.2 Å². The molecule has 0 spiro atoms. The molecule has 0 saturated heterocycles. The second-order valence-corrected chi connectivity index (χ2v) is 11.6. The molecule has 0 radical (unpaired) electrons. The standard InChI is InChI=1S/C17H33N3O3S2/c1-16(2,18-4)14-17(3,24)15(21)19-10-8-11-20(5,6)12-9-13-25(7,22)23/h8-14H2,1-3,5-7H3,(H-,19,21,24)/p+1. The summed E-state index contributed by atoms with van der Waals surface area (Å²) in [6, 6.07) is 0. The van der Waals surface area contributed by atoms with Crippen molar-refractivity contribution in [2.24, 2.45) is 0 Å². The summed E-state index contributed by atoms with van der Waals surface area (Å²) >= 11 is 4.45. The van der Waals surface area contributed by atoms with Gasteiger partial charge in [-0.3, -0.25) is 4.79 Å². The topological polar surface area (TPSA) is 67.6 Å². The van der Waals surface area contributed by atoms with E-state index in [1.165, 1.54) is 6.26 Å². The Morgan fingerprint density at radius 2 is 1.72 bits per heavy atom. The van der Waals surface area contributed by atoms with Crippen LogP contribution in [0.4, 0.5) is 0 Å². The van der Waals surface area contributed by atoms with Crippen molar-refractivity contribution in [3.05, 3.63) is 11.4 Å². The number of thiol groups is 1. The number of sulfone groups is 1. The highest BCUT2D eigenvalue weighted by atomic mass is 32.2. The molecular formula is C17H34N3O3S2+. The first-order valence-corrected chi connectivity index (χ1v) is 11.0. The molecule has 1 amide bonds. The molecule has 0 aliphatic carbocycles. The van der Waals surface area contributed by atoms with Crippen LogP contribution < -0.4 is 5.32 Å². The van der Waals surface area contributed by atoms with E-state index in [1.54, 1.807) is 20.8 Å². The Bertz CT molecular complexity index is 591. The summed E-state index contributed by atoms with van der Waals surface area (Å²) in [6.07, 6.45) is 3.07. The quantitative estimate of drug-likeness (QED) is 0.244. The summed E-state index contributed by atoms with van der Waals surface area (Å²) in [5, 5.41) is 2.90. The zero-order valence-corrected chi connectivity index (χ0v) is 18.1. The van der Waals surface area contributed by atoms with Crippen LogP contribution in [0.5, 0.6) is 0 Å². The number of carbonyl (C=O) groups excluding carboxylic acids is 1. The van der Waals surface area contributed by atoms with Crippen molar-refractivity contribution in [1.29, 1.82) is 0 Å². The molecule has 0 aromatic carbocycles. The van der Waals surface area contributed by atoms with Gasteiger partial charge in [-0.2, -0.15) is 12.6 Å². The number of quaternary nitrogens is 1. The molecule has 0 aliphatic heterocycles. The zero-order chi connectivity index (χ0) is 19.9. The lowest BCUT2D eigenvalue weighted by atomic mass is 9.91. The molecule has 146 valence electrons. The summed E-state index contributed by atoms with van der Waals surface area (Å²) in [5.41, 5.74) is -0.619. The monoisotopic (exact) mass is 392 g/mol. The van der Waals surface area contributed by atoms with Crippen LogP contribution in [0.2, 0.25) is 0 Å². The van der Waals surface area contributed by atoms with Gasteiger partial charge in [0.15, 0.2) is 0 Å². The van der Waals surface area contributed by atoms with Crippen LogP contribution in [0.3, 0.4) is 0 Å². The van der Waals surface area contributed by atoms with Gasteiger partial charge in [-0.05, 0) is 6.92 Å². The van der Waals surface area contributed by atoms with Crippen LogP contribution >= 0.6 is 12.6 Å². The molecule has 0 aliphatic rings. The molecule has 25 heavy (non-hydrogen) atoms. The first kappa shape index (κ1) is 24.2. The second-order valence-electron chi connectivity index (χ2n) is 8.35. The van der Waals surface area contributed by atoms with E-state index in [0.29, 0.717) is 23.9 Å². The number of carbonyl (C=O) groups is 1. The number of hydrogen-bond acceptors (Lipinski definition) is 4. The average molecular weight is 393 g/mol. The molecule has 0 bridgehead atoms. The lowest BCUT2D eigenvalue weighted by molar-refractivity contribution is -0.890. The highest BCUT2D eigenvalue weighted by Gasteiger charge is 2.39. The minimum absolute atomic E-state index is 0.157. The Labute approximate surface area is 159 Å². The van der Waals surface area contributed by atoms with E-state index >= 15 is 0 Å². The van der Waals surface area contributed by atoms with Gasteiger partial charge in [0.2, 0.25) is 11.4 Å². The first-order valence-electron chi connectivity index (χ1n) is 8.49. The Morgan fingerprint density at radius 1 is 1.20 bits per heavy atom. The van der Waals surface area contributed by atoms with Crippen molar-refractivity contribution in [2.75, 3.05) is 45.7 Å². The van der Waals surface area contributed by atoms with Gasteiger partial charge in [-0.15, -0.1) is 0 Å². The van der Waals surface area contributed by atoms with E-state index in [-0.39, 0.29) is 11.7 Å². The summed E-state index contributed by atoms with van der Waals surface area (Å²) < 4.78 is 22.2. The van der Waals surface area contributed by atoms with Crippen molar-refractivity contribution in [1.82, 2.24) is 5.32 Å². The molecule has 0 aromatic heterocycles. The van der Waals surface area contributed by atoms with Gasteiger partial charge in [-0.1, -0.05) is 0 Å². The van der Waals surface area contributed by atoms with Crippen LogP contribution in [0.1, 0.15) is 40.0 Å². The van der Waals surface area contributed by atoms with Crippen LogP contribution in [-0.2, 0) is 14.6 Å². The minimum atomic E-state index is -2.91. The van der Waals surface area contributed by atoms with Gasteiger partial charge in [-0.25, -0.2) is 15.0 Å². The molecule has 8 heteroatoms. The van der Waals surface area contributed by atoms with E-state index in [2.05, 4.69) is 36.9 Å². The fraction of sp³-hybridized carbons (Fsp3) is 0.882.